The lowest BCUT2D eigenvalue weighted by molar-refractivity contribution is -0.139. The summed E-state index contributed by atoms with van der Waals surface area (Å²) in [6, 6.07) is 22.2. The highest BCUT2D eigenvalue weighted by Crippen LogP contribution is 2.31. The van der Waals surface area contributed by atoms with Crippen LogP contribution in [-0.4, -0.2) is 28.2 Å². The summed E-state index contributed by atoms with van der Waals surface area (Å²) in [6.07, 6.45) is 1.69. The number of thiazole rings is 1. The zero-order chi connectivity index (χ0) is 27.5. The smallest absolute Gasteiger partial charge is 0.341 e. The number of carbonyl (C=O) groups excluding carboxylic acids is 1. The van der Waals surface area contributed by atoms with Crippen molar-refractivity contribution in [2.75, 3.05) is 11.9 Å². The maximum absolute atomic E-state index is 13.8. The number of hydrogen-bond acceptors (Lipinski definition) is 6. The third-order valence-corrected chi connectivity index (χ3v) is 7.24. The van der Waals surface area contributed by atoms with Crippen LogP contribution in [-0.2, 0) is 9.59 Å². The fraction of sp³-hybridized carbons (Fsp3) is 0.103. The third-order valence-electron chi connectivity index (χ3n) is 6.00. The van der Waals surface area contributed by atoms with Gasteiger partial charge in [0.05, 0.1) is 21.8 Å². The summed E-state index contributed by atoms with van der Waals surface area (Å²) in [7, 11) is 0. The lowest BCUT2D eigenvalue weighted by Crippen LogP contribution is -2.40. The monoisotopic (exact) mass is 559 g/mol. The molecule has 5 rings (SSSR count). The highest BCUT2D eigenvalue weighted by molar-refractivity contribution is 7.07. The number of carboxylic acid groups (broad SMARTS) is 1. The van der Waals surface area contributed by atoms with E-state index in [4.69, 9.17) is 21.4 Å². The molecule has 10 heteroatoms. The molecule has 0 aliphatic carbocycles. The molecular weight excluding hydrogens is 538 g/mol. The quantitative estimate of drug-likeness (QED) is 0.356. The molecule has 2 N–H and O–H groups in total. The van der Waals surface area contributed by atoms with Gasteiger partial charge in [-0.2, -0.15) is 0 Å². The number of aliphatic carboxylic acids is 1. The van der Waals surface area contributed by atoms with Crippen molar-refractivity contribution in [2.24, 2.45) is 4.99 Å². The van der Waals surface area contributed by atoms with E-state index in [0.29, 0.717) is 48.2 Å². The number of allylic oxidation sites excluding steroid dienone is 1. The van der Waals surface area contributed by atoms with Crippen molar-refractivity contribution in [3.63, 3.8) is 0 Å². The van der Waals surface area contributed by atoms with Gasteiger partial charge in [-0.1, -0.05) is 65.4 Å². The Morgan fingerprint density at radius 2 is 1.85 bits per heavy atom. The zero-order valence-corrected chi connectivity index (χ0v) is 22.2. The standard InChI is InChI=1S/C29H22ClN3O5S/c1-17-25(27(36)32-21-7-3-2-4-8-21)26(19-10-12-20(30)13-11-19)33-28(37)23(39-29(33)31-17)15-18-6-5-9-22(14-18)38-16-24(34)35/h2-15,26H,16H2,1H3,(H,32,36)(H,34,35)/t26-/m0/s1. The van der Waals surface area contributed by atoms with Gasteiger partial charge in [0, 0.05) is 10.7 Å². The second-order valence-corrected chi connectivity index (χ2v) is 10.2. The molecule has 2 heterocycles. The molecule has 0 bridgehead atoms. The Morgan fingerprint density at radius 3 is 2.56 bits per heavy atom. The van der Waals surface area contributed by atoms with E-state index < -0.39 is 18.6 Å². The van der Waals surface area contributed by atoms with E-state index in [-0.39, 0.29) is 11.5 Å². The average Bonchev–Trinajstić information content (AvgIpc) is 3.22. The van der Waals surface area contributed by atoms with Gasteiger partial charge in [-0.15, -0.1) is 0 Å². The Kier molecular flexibility index (Phi) is 7.44. The molecule has 0 saturated heterocycles. The molecule has 196 valence electrons. The van der Waals surface area contributed by atoms with E-state index in [1.165, 1.54) is 15.9 Å². The first-order valence-corrected chi connectivity index (χ1v) is 13.1. The minimum atomic E-state index is -1.08. The number of carbonyl (C=O) groups is 2. The number of hydrogen-bond donors (Lipinski definition) is 2. The molecule has 1 aromatic heterocycles. The van der Waals surface area contributed by atoms with Crippen LogP contribution in [0.15, 0.2) is 99.9 Å². The Labute approximate surface area is 231 Å². The molecule has 3 aromatic carbocycles. The number of nitrogens with zero attached hydrogens (tertiary/aromatic N) is 2. The van der Waals surface area contributed by atoms with Gasteiger partial charge in [0.25, 0.3) is 11.5 Å². The maximum Gasteiger partial charge on any atom is 0.341 e. The third kappa shape index (κ3) is 5.69. The second kappa shape index (κ2) is 11.1. The summed E-state index contributed by atoms with van der Waals surface area (Å²) < 4.78 is 7.19. The van der Waals surface area contributed by atoms with Gasteiger partial charge < -0.3 is 15.2 Å². The predicted molar refractivity (Wildman–Crippen MR) is 150 cm³/mol. The Balaban J connectivity index is 1.61. The van der Waals surface area contributed by atoms with Crippen molar-refractivity contribution in [3.8, 4) is 5.75 Å². The molecule has 8 nitrogen and oxygen atoms in total. The highest BCUT2D eigenvalue weighted by Gasteiger charge is 2.32. The van der Waals surface area contributed by atoms with Gasteiger partial charge in [-0.05, 0) is 60.5 Å². The Morgan fingerprint density at radius 1 is 1.10 bits per heavy atom. The molecule has 0 fully saturated rings. The summed E-state index contributed by atoms with van der Waals surface area (Å²) in [5.41, 5.74) is 2.53. The van der Waals surface area contributed by atoms with Crippen LogP contribution in [0.1, 0.15) is 24.1 Å². The van der Waals surface area contributed by atoms with Gasteiger partial charge in [-0.3, -0.25) is 14.2 Å². The molecule has 0 unspecified atom stereocenters. The Hall–Kier alpha value is -4.47. The van der Waals surface area contributed by atoms with Gasteiger partial charge in [-0.25, -0.2) is 9.79 Å². The molecule has 1 atom stereocenters. The second-order valence-electron chi connectivity index (χ2n) is 8.71. The number of carboxylic acids is 1. The van der Waals surface area contributed by atoms with Crippen LogP contribution < -0.4 is 24.9 Å². The van der Waals surface area contributed by atoms with Crippen LogP contribution >= 0.6 is 22.9 Å². The van der Waals surface area contributed by atoms with Crippen molar-refractivity contribution in [2.45, 2.75) is 13.0 Å². The highest BCUT2D eigenvalue weighted by atomic mass is 35.5. The van der Waals surface area contributed by atoms with E-state index in [2.05, 4.69) is 10.3 Å². The minimum absolute atomic E-state index is 0.312. The number of para-hydroxylation sites is 1. The van der Waals surface area contributed by atoms with Gasteiger partial charge in [0.15, 0.2) is 11.4 Å². The number of aromatic nitrogens is 1. The predicted octanol–water partition coefficient (Wildman–Crippen LogP) is 3.99. The summed E-state index contributed by atoms with van der Waals surface area (Å²) in [4.78, 5) is 43.3. The number of anilines is 1. The number of ether oxygens (including phenoxy) is 1. The number of fused-ring (bicyclic) bond motifs is 1. The lowest BCUT2D eigenvalue weighted by Gasteiger charge is -2.25. The van der Waals surface area contributed by atoms with Crippen molar-refractivity contribution >= 4 is 46.6 Å². The fourth-order valence-corrected chi connectivity index (χ4v) is 5.46. The molecular formula is C29H22ClN3O5S. The molecule has 1 aliphatic rings. The minimum Gasteiger partial charge on any atom is -0.482 e. The summed E-state index contributed by atoms with van der Waals surface area (Å²) >= 11 is 7.35. The van der Waals surface area contributed by atoms with Crippen LogP contribution in [0.5, 0.6) is 5.75 Å². The molecule has 0 radical (unpaired) electrons. The first kappa shape index (κ1) is 26.1. The van der Waals surface area contributed by atoms with Crippen molar-refractivity contribution in [1.82, 2.24) is 4.57 Å². The van der Waals surface area contributed by atoms with E-state index >= 15 is 0 Å². The molecule has 1 aliphatic heterocycles. The van der Waals surface area contributed by atoms with Crippen molar-refractivity contribution in [1.29, 1.82) is 0 Å². The SMILES string of the molecule is CC1=C(C(=O)Nc2ccccc2)[C@H](c2ccc(Cl)cc2)n2c(sc(=Cc3cccc(OCC(=O)O)c3)c2=O)=N1. The number of halogens is 1. The lowest BCUT2D eigenvalue weighted by atomic mass is 9.95. The van der Waals surface area contributed by atoms with E-state index in [1.54, 1.807) is 73.7 Å². The summed E-state index contributed by atoms with van der Waals surface area (Å²) in [6.45, 7) is 1.28. The Bertz CT molecular complexity index is 1780. The molecule has 39 heavy (non-hydrogen) atoms. The van der Waals surface area contributed by atoms with Crippen LogP contribution in [0.3, 0.4) is 0 Å². The number of rotatable bonds is 7. The first-order chi connectivity index (χ1) is 18.8. The van der Waals surface area contributed by atoms with Crippen LogP contribution in [0.25, 0.3) is 6.08 Å². The molecule has 0 saturated carbocycles. The van der Waals surface area contributed by atoms with Crippen molar-refractivity contribution < 1.29 is 19.4 Å². The van der Waals surface area contributed by atoms with Gasteiger partial charge >= 0.3 is 5.97 Å². The number of nitrogens with one attached hydrogen (secondary N) is 1. The van der Waals surface area contributed by atoms with E-state index in [0.717, 1.165) is 0 Å². The summed E-state index contributed by atoms with van der Waals surface area (Å²) in [5, 5.41) is 12.3. The largest absolute Gasteiger partial charge is 0.482 e. The van der Waals surface area contributed by atoms with Gasteiger partial charge in [0.2, 0.25) is 0 Å². The topological polar surface area (TPSA) is 110 Å². The zero-order valence-electron chi connectivity index (χ0n) is 20.6. The van der Waals surface area contributed by atoms with E-state index in [9.17, 15) is 14.4 Å². The van der Waals surface area contributed by atoms with Crippen LogP contribution in [0.2, 0.25) is 5.02 Å². The molecule has 1 amide bonds. The van der Waals surface area contributed by atoms with Crippen LogP contribution in [0.4, 0.5) is 5.69 Å². The van der Waals surface area contributed by atoms with Gasteiger partial charge in [0.1, 0.15) is 5.75 Å². The first-order valence-electron chi connectivity index (χ1n) is 11.9. The maximum atomic E-state index is 13.8. The molecule has 0 spiro atoms. The number of benzene rings is 3. The van der Waals surface area contributed by atoms with Crippen LogP contribution in [0, 0.1) is 0 Å². The fourth-order valence-electron chi connectivity index (χ4n) is 4.28. The van der Waals surface area contributed by atoms with Crippen molar-refractivity contribution in [3.05, 3.63) is 126 Å². The molecule has 4 aromatic rings. The average molecular weight is 560 g/mol. The summed E-state index contributed by atoms with van der Waals surface area (Å²) in [5.74, 6) is -1.08. The normalized spacial score (nSPS) is 14.9. The number of amides is 1. The van der Waals surface area contributed by atoms with E-state index in [1.807, 2.05) is 18.2 Å².